The Bertz CT molecular complexity index is 934. The van der Waals surface area contributed by atoms with Crippen LogP contribution in [-0.4, -0.2) is 66.2 Å². The monoisotopic (exact) mass is 462 g/mol. The van der Waals surface area contributed by atoms with E-state index >= 15 is 0 Å². The zero-order valence-electron chi connectivity index (χ0n) is 18.3. The zero-order chi connectivity index (χ0) is 23.4. The maximum Gasteiger partial charge on any atom is 0.315 e. The van der Waals surface area contributed by atoms with Gasteiger partial charge in [0.1, 0.15) is 12.8 Å². The fourth-order valence-corrected chi connectivity index (χ4v) is 4.78. The molecule has 2 saturated heterocycles. The van der Waals surface area contributed by atoms with Gasteiger partial charge in [0.25, 0.3) is 5.91 Å². The molecule has 3 N–H and O–H groups in total. The summed E-state index contributed by atoms with van der Waals surface area (Å²) in [4.78, 5) is 18.2. The Hall–Kier alpha value is -2.49. The third-order valence-electron chi connectivity index (χ3n) is 6.72. The SMILES string of the molecule is O=C(N[C@H](CF)[C@H](O)c1ccc(-c2ccc(CN3CCC4(CCNC4)C3)nc2)cc1)C(F)F. The van der Waals surface area contributed by atoms with E-state index in [1.54, 1.807) is 30.5 Å². The largest absolute Gasteiger partial charge is 0.386 e. The van der Waals surface area contributed by atoms with Crippen LogP contribution in [0.5, 0.6) is 0 Å². The fraction of sp³-hybridized carbons (Fsp3) is 0.500. The number of nitrogens with zero attached hydrogens (tertiary/aromatic N) is 2. The second-order valence-corrected chi connectivity index (χ2v) is 9.06. The first kappa shape index (κ1) is 23.7. The minimum Gasteiger partial charge on any atom is -0.386 e. The Labute approximate surface area is 191 Å². The third kappa shape index (κ3) is 5.54. The summed E-state index contributed by atoms with van der Waals surface area (Å²) in [5.74, 6) is -1.61. The predicted molar refractivity (Wildman–Crippen MR) is 118 cm³/mol. The Morgan fingerprint density at radius 3 is 2.55 bits per heavy atom. The third-order valence-corrected chi connectivity index (χ3v) is 6.72. The average molecular weight is 463 g/mol. The molecule has 1 amide bonds. The van der Waals surface area contributed by atoms with Gasteiger partial charge in [-0.25, -0.2) is 4.39 Å². The van der Waals surface area contributed by atoms with E-state index in [0.717, 1.165) is 49.5 Å². The van der Waals surface area contributed by atoms with Gasteiger partial charge in [0.05, 0.1) is 11.7 Å². The van der Waals surface area contributed by atoms with Crippen molar-refractivity contribution in [2.45, 2.75) is 38.0 Å². The van der Waals surface area contributed by atoms with Crippen LogP contribution in [0.25, 0.3) is 11.1 Å². The number of carbonyl (C=O) groups is 1. The number of carbonyl (C=O) groups excluding carboxylic acids is 1. The number of halogens is 3. The molecule has 1 aromatic carbocycles. The smallest absolute Gasteiger partial charge is 0.315 e. The van der Waals surface area contributed by atoms with Gasteiger partial charge in [-0.1, -0.05) is 30.3 Å². The molecule has 33 heavy (non-hydrogen) atoms. The molecule has 1 spiro atoms. The number of hydrogen-bond acceptors (Lipinski definition) is 5. The lowest BCUT2D eigenvalue weighted by atomic mass is 9.87. The van der Waals surface area contributed by atoms with E-state index in [0.29, 0.717) is 11.0 Å². The summed E-state index contributed by atoms with van der Waals surface area (Å²) in [6, 6.07) is 9.23. The van der Waals surface area contributed by atoms with Gasteiger partial charge in [-0.3, -0.25) is 14.7 Å². The lowest BCUT2D eigenvalue weighted by Gasteiger charge is -2.22. The molecule has 0 aliphatic carbocycles. The van der Waals surface area contributed by atoms with Crippen molar-refractivity contribution in [2.75, 3.05) is 32.9 Å². The van der Waals surface area contributed by atoms with Gasteiger partial charge in [0.2, 0.25) is 0 Å². The van der Waals surface area contributed by atoms with Crippen LogP contribution in [0.15, 0.2) is 42.6 Å². The number of amides is 1. The zero-order valence-corrected chi connectivity index (χ0v) is 18.3. The number of benzene rings is 1. The van der Waals surface area contributed by atoms with E-state index in [2.05, 4.69) is 15.2 Å². The van der Waals surface area contributed by atoms with Crippen LogP contribution >= 0.6 is 0 Å². The molecular formula is C24H29F3N4O2. The number of pyridine rings is 1. The Morgan fingerprint density at radius 2 is 1.94 bits per heavy atom. The van der Waals surface area contributed by atoms with E-state index in [4.69, 9.17) is 0 Å². The molecule has 2 aliphatic rings. The molecule has 2 aliphatic heterocycles. The number of alkyl halides is 3. The Morgan fingerprint density at radius 1 is 1.18 bits per heavy atom. The van der Waals surface area contributed by atoms with Crippen molar-refractivity contribution in [3.63, 3.8) is 0 Å². The van der Waals surface area contributed by atoms with Crippen molar-refractivity contribution in [3.8, 4) is 11.1 Å². The summed E-state index contributed by atoms with van der Waals surface area (Å²) < 4.78 is 38.0. The van der Waals surface area contributed by atoms with Crippen LogP contribution in [0.4, 0.5) is 13.2 Å². The number of nitrogens with one attached hydrogen (secondary N) is 2. The number of hydrogen-bond donors (Lipinski definition) is 3. The fourth-order valence-electron chi connectivity index (χ4n) is 4.78. The van der Waals surface area contributed by atoms with Crippen LogP contribution in [0, 0.1) is 5.41 Å². The standard InChI is InChI=1S/C24H29F3N4O2/c25-11-20(30-23(33)22(26)27)21(32)17-3-1-16(2-4-17)18-5-6-19(29-12-18)13-31-10-8-24(15-31)7-9-28-14-24/h1-6,12,20-22,28,32H,7-11,13-15H2,(H,30,33)/t20-,21-,24?/m1/s1. The van der Waals surface area contributed by atoms with Gasteiger partial charge in [-0.2, -0.15) is 8.78 Å². The van der Waals surface area contributed by atoms with Gasteiger partial charge in [-0.15, -0.1) is 0 Å². The summed E-state index contributed by atoms with van der Waals surface area (Å²) in [6.07, 6.45) is -0.436. The molecule has 4 rings (SSSR count). The number of aromatic nitrogens is 1. The normalized spacial score (nSPS) is 22.7. The summed E-state index contributed by atoms with van der Waals surface area (Å²) in [6.45, 7) is 4.06. The molecule has 1 aromatic heterocycles. The lowest BCUT2D eigenvalue weighted by molar-refractivity contribution is -0.133. The highest BCUT2D eigenvalue weighted by atomic mass is 19.3. The van der Waals surface area contributed by atoms with Crippen LogP contribution in [0.2, 0.25) is 0 Å². The number of aliphatic hydroxyl groups is 1. The first-order valence-electron chi connectivity index (χ1n) is 11.2. The van der Waals surface area contributed by atoms with E-state index < -0.39 is 31.2 Å². The minimum atomic E-state index is -3.27. The first-order chi connectivity index (χ1) is 15.9. The van der Waals surface area contributed by atoms with Gasteiger partial charge < -0.3 is 15.7 Å². The van der Waals surface area contributed by atoms with Gasteiger partial charge in [0, 0.05) is 31.4 Å². The average Bonchev–Trinajstić information content (AvgIpc) is 3.46. The molecule has 9 heteroatoms. The quantitative estimate of drug-likeness (QED) is 0.563. The predicted octanol–water partition coefficient (Wildman–Crippen LogP) is 2.69. The molecule has 2 fully saturated rings. The van der Waals surface area contributed by atoms with Gasteiger partial charge in [-0.05, 0) is 48.5 Å². The highest BCUT2D eigenvalue weighted by Crippen LogP contribution is 2.36. The minimum absolute atomic E-state index is 0.324. The Kier molecular flexibility index (Phi) is 7.31. The van der Waals surface area contributed by atoms with Crippen molar-refractivity contribution < 1.29 is 23.1 Å². The van der Waals surface area contributed by atoms with Crippen molar-refractivity contribution >= 4 is 5.91 Å². The van der Waals surface area contributed by atoms with E-state index in [9.17, 15) is 23.1 Å². The molecule has 0 radical (unpaired) electrons. The molecule has 2 aromatic rings. The van der Waals surface area contributed by atoms with E-state index in [1.807, 2.05) is 17.4 Å². The number of aliphatic hydroxyl groups excluding tert-OH is 1. The second-order valence-electron chi connectivity index (χ2n) is 9.06. The van der Waals surface area contributed by atoms with Crippen molar-refractivity contribution in [3.05, 3.63) is 53.9 Å². The van der Waals surface area contributed by atoms with E-state index in [-0.39, 0.29) is 0 Å². The highest BCUT2D eigenvalue weighted by Gasteiger charge is 2.40. The molecule has 6 nitrogen and oxygen atoms in total. The topological polar surface area (TPSA) is 77.5 Å². The summed E-state index contributed by atoms with van der Waals surface area (Å²) in [5, 5.41) is 15.6. The molecule has 3 heterocycles. The molecule has 0 saturated carbocycles. The molecule has 3 atom stereocenters. The van der Waals surface area contributed by atoms with Crippen LogP contribution in [0.3, 0.4) is 0 Å². The van der Waals surface area contributed by atoms with Crippen LogP contribution in [-0.2, 0) is 11.3 Å². The maximum absolute atomic E-state index is 13.2. The van der Waals surface area contributed by atoms with Gasteiger partial charge in [0.15, 0.2) is 0 Å². The summed E-state index contributed by atoms with van der Waals surface area (Å²) >= 11 is 0. The number of likely N-dealkylation sites (tertiary alicyclic amines) is 1. The van der Waals surface area contributed by atoms with Crippen LogP contribution in [0.1, 0.15) is 30.2 Å². The van der Waals surface area contributed by atoms with E-state index in [1.165, 1.54) is 12.8 Å². The van der Waals surface area contributed by atoms with Crippen molar-refractivity contribution in [2.24, 2.45) is 5.41 Å². The highest BCUT2D eigenvalue weighted by molar-refractivity contribution is 5.79. The van der Waals surface area contributed by atoms with Crippen LogP contribution < -0.4 is 10.6 Å². The first-order valence-corrected chi connectivity index (χ1v) is 11.2. The van der Waals surface area contributed by atoms with Gasteiger partial charge >= 0.3 is 6.43 Å². The molecule has 178 valence electrons. The molecule has 1 unspecified atom stereocenters. The summed E-state index contributed by atoms with van der Waals surface area (Å²) in [5.41, 5.74) is 3.51. The van der Waals surface area contributed by atoms with Crippen molar-refractivity contribution in [1.29, 1.82) is 0 Å². The number of rotatable bonds is 8. The molecular weight excluding hydrogens is 433 g/mol. The lowest BCUT2D eigenvalue weighted by Crippen LogP contribution is -2.43. The summed E-state index contributed by atoms with van der Waals surface area (Å²) in [7, 11) is 0. The second kappa shape index (κ2) is 10.2. The molecule has 0 bridgehead atoms. The Balaban J connectivity index is 1.36. The maximum atomic E-state index is 13.2. The van der Waals surface area contributed by atoms with Crippen molar-refractivity contribution in [1.82, 2.24) is 20.5 Å².